The Morgan fingerprint density at radius 2 is 1.94 bits per heavy atom. The van der Waals surface area contributed by atoms with Gasteiger partial charge in [0.15, 0.2) is 11.5 Å². The van der Waals surface area contributed by atoms with Crippen LogP contribution in [0.15, 0.2) is 18.2 Å². The fourth-order valence-corrected chi connectivity index (χ4v) is 1.72. The molecule has 0 aromatic heterocycles. The van der Waals surface area contributed by atoms with E-state index in [1.807, 2.05) is 0 Å². The zero-order chi connectivity index (χ0) is 13.1. The topological polar surface area (TPSA) is 76.1 Å². The Morgan fingerprint density at radius 1 is 1.28 bits per heavy atom. The third-order valence-corrected chi connectivity index (χ3v) is 2.51. The second kappa shape index (κ2) is 4.95. The number of rotatable bonds is 3. The van der Waals surface area contributed by atoms with E-state index in [1.54, 1.807) is 18.2 Å². The molecule has 1 aliphatic heterocycles. The van der Waals surface area contributed by atoms with Crippen LogP contribution in [0, 0.1) is 0 Å². The molecule has 1 aromatic carbocycles. The van der Waals surface area contributed by atoms with Gasteiger partial charge in [0.25, 0.3) is 0 Å². The Kier molecular flexibility index (Phi) is 3.36. The summed E-state index contributed by atoms with van der Waals surface area (Å²) in [6, 6.07) is 4.91. The molecule has 1 aliphatic rings. The van der Waals surface area contributed by atoms with E-state index in [1.165, 1.54) is 11.8 Å². The van der Waals surface area contributed by atoms with E-state index >= 15 is 0 Å². The summed E-state index contributed by atoms with van der Waals surface area (Å²) in [5, 5.41) is 8.78. The third kappa shape index (κ3) is 2.53. The van der Waals surface area contributed by atoms with Crippen molar-refractivity contribution in [3.8, 4) is 11.5 Å². The van der Waals surface area contributed by atoms with Crippen molar-refractivity contribution in [2.45, 2.75) is 6.92 Å². The van der Waals surface area contributed by atoms with E-state index in [0.717, 1.165) is 0 Å². The standard InChI is InChI=1S/C12H13NO5/c1-8(14)13(7-12(15)16)9-2-3-10-11(6-9)18-5-4-17-10/h2-3,6H,4-5,7H2,1H3,(H,15,16). The van der Waals surface area contributed by atoms with Gasteiger partial charge in [0, 0.05) is 18.7 Å². The van der Waals surface area contributed by atoms with Gasteiger partial charge in [-0.05, 0) is 12.1 Å². The summed E-state index contributed by atoms with van der Waals surface area (Å²) in [6.45, 7) is 1.86. The summed E-state index contributed by atoms with van der Waals surface area (Å²) >= 11 is 0. The van der Waals surface area contributed by atoms with Crippen LogP contribution < -0.4 is 14.4 Å². The minimum atomic E-state index is -1.07. The number of carbonyl (C=O) groups is 2. The lowest BCUT2D eigenvalue weighted by Crippen LogP contribution is -2.33. The van der Waals surface area contributed by atoms with E-state index in [9.17, 15) is 9.59 Å². The maximum Gasteiger partial charge on any atom is 0.323 e. The van der Waals surface area contributed by atoms with Crippen molar-refractivity contribution < 1.29 is 24.2 Å². The average molecular weight is 251 g/mol. The number of aliphatic carboxylic acids is 1. The van der Waals surface area contributed by atoms with Crippen LogP contribution in [0.4, 0.5) is 5.69 Å². The van der Waals surface area contributed by atoms with Crippen LogP contribution in [0.3, 0.4) is 0 Å². The van der Waals surface area contributed by atoms with E-state index in [2.05, 4.69) is 0 Å². The summed E-state index contributed by atoms with van der Waals surface area (Å²) in [6.07, 6.45) is 0. The van der Waals surface area contributed by atoms with E-state index in [-0.39, 0.29) is 12.5 Å². The van der Waals surface area contributed by atoms with Crippen molar-refractivity contribution in [3.63, 3.8) is 0 Å². The number of carbonyl (C=O) groups excluding carboxylic acids is 1. The number of hydrogen-bond donors (Lipinski definition) is 1. The van der Waals surface area contributed by atoms with Gasteiger partial charge < -0.3 is 19.5 Å². The molecule has 0 atom stereocenters. The molecule has 6 nitrogen and oxygen atoms in total. The average Bonchev–Trinajstić information content (AvgIpc) is 2.35. The zero-order valence-electron chi connectivity index (χ0n) is 9.88. The van der Waals surface area contributed by atoms with Crippen molar-refractivity contribution in [1.29, 1.82) is 0 Å². The Balaban J connectivity index is 2.30. The molecule has 0 radical (unpaired) electrons. The van der Waals surface area contributed by atoms with Crippen molar-refractivity contribution in [2.75, 3.05) is 24.7 Å². The lowest BCUT2D eigenvalue weighted by molar-refractivity contribution is -0.136. The van der Waals surface area contributed by atoms with Gasteiger partial charge in [-0.25, -0.2) is 0 Å². The van der Waals surface area contributed by atoms with Crippen LogP contribution in [0.2, 0.25) is 0 Å². The highest BCUT2D eigenvalue weighted by molar-refractivity contribution is 5.96. The van der Waals surface area contributed by atoms with Gasteiger partial charge in [-0.3, -0.25) is 9.59 Å². The molecule has 0 saturated carbocycles. The van der Waals surface area contributed by atoms with Crippen LogP contribution in [0.25, 0.3) is 0 Å². The third-order valence-electron chi connectivity index (χ3n) is 2.51. The van der Waals surface area contributed by atoms with Crippen molar-refractivity contribution >= 4 is 17.6 Å². The summed E-state index contributed by atoms with van der Waals surface area (Å²) in [5.41, 5.74) is 0.481. The van der Waals surface area contributed by atoms with Crippen molar-refractivity contribution in [1.82, 2.24) is 0 Å². The maximum absolute atomic E-state index is 11.4. The number of carboxylic acid groups (broad SMARTS) is 1. The van der Waals surface area contributed by atoms with Gasteiger partial charge in [-0.1, -0.05) is 0 Å². The molecule has 1 aromatic rings. The Labute approximate surface area is 104 Å². The smallest absolute Gasteiger partial charge is 0.323 e. The lowest BCUT2D eigenvalue weighted by Gasteiger charge is -2.23. The van der Waals surface area contributed by atoms with Gasteiger partial charge in [-0.15, -0.1) is 0 Å². The van der Waals surface area contributed by atoms with Crippen LogP contribution in [-0.4, -0.2) is 36.7 Å². The molecule has 6 heteroatoms. The molecule has 96 valence electrons. The molecule has 0 spiro atoms. The van der Waals surface area contributed by atoms with Gasteiger partial charge in [-0.2, -0.15) is 0 Å². The zero-order valence-corrected chi connectivity index (χ0v) is 9.88. The predicted octanol–water partition coefficient (Wildman–Crippen LogP) is 0.895. The molecular weight excluding hydrogens is 238 g/mol. The van der Waals surface area contributed by atoms with Gasteiger partial charge in [0.1, 0.15) is 19.8 Å². The summed E-state index contributed by atoms with van der Waals surface area (Å²) in [5.74, 6) is -0.284. The molecule has 0 bridgehead atoms. The lowest BCUT2D eigenvalue weighted by atomic mass is 10.2. The molecule has 0 fully saturated rings. The second-order valence-corrected chi connectivity index (χ2v) is 3.83. The molecule has 18 heavy (non-hydrogen) atoms. The second-order valence-electron chi connectivity index (χ2n) is 3.83. The number of benzene rings is 1. The van der Waals surface area contributed by atoms with Crippen molar-refractivity contribution in [3.05, 3.63) is 18.2 Å². The number of carboxylic acids is 1. The van der Waals surface area contributed by atoms with Gasteiger partial charge in [0.2, 0.25) is 5.91 Å². The summed E-state index contributed by atoms with van der Waals surface area (Å²) in [7, 11) is 0. The van der Waals surface area contributed by atoms with Crippen molar-refractivity contribution in [2.24, 2.45) is 0 Å². The summed E-state index contributed by atoms with van der Waals surface area (Å²) < 4.78 is 10.7. The first kappa shape index (κ1) is 12.2. The van der Waals surface area contributed by atoms with Gasteiger partial charge in [0.05, 0.1) is 0 Å². The monoisotopic (exact) mass is 251 g/mol. The first-order valence-electron chi connectivity index (χ1n) is 5.47. The number of fused-ring (bicyclic) bond motifs is 1. The number of amides is 1. The number of nitrogens with zero attached hydrogens (tertiary/aromatic N) is 1. The molecule has 0 unspecified atom stereocenters. The normalized spacial score (nSPS) is 12.9. The summed E-state index contributed by atoms with van der Waals surface area (Å²) in [4.78, 5) is 23.3. The SMILES string of the molecule is CC(=O)N(CC(=O)O)c1ccc2c(c1)OCCO2. The minimum Gasteiger partial charge on any atom is -0.486 e. The molecule has 0 saturated heterocycles. The minimum absolute atomic E-state index is 0.339. The first-order chi connectivity index (χ1) is 8.58. The molecule has 1 N–H and O–H groups in total. The highest BCUT2D eigenvalue weighted by Crippen LogP contribution is 2.33. The first-order valence-corrected chi connectivity index (χ1v) is 5.47. The quantitative estimate of drug-likeness (QED) is 0.863. The molecule has 1 amide bonds. The fraction of sp³-hybridized carbons (Fsp3) is 0.333. The molecule has 1 heterocycles. The largest absolute Gasteiger partial charge is 0.486 e. The highest BCUT2D eigenvalue weighted by Gasteiger charge is 2.18. The Bertz CT molecular complexity index is 485. The van der Waals surface area contributed by atoms with Crippen LogP contribution >= 0.6 is 0 Å². The highest BCUT2D eigenvalue weighted by atomic mass is 16.6. The van der Waals surface area contributed by atoms with E-state index < -0.39 is 5.97 Å². The number of ether oxygens (including phenoxy) is 2. The van der Waals surface area contributed by atoms with Gasteiger partial charge >= 0.3 is 5.97 Å². The van der Waals surface area contributed by atoms with E-state index in [0.29, 0.717) is 30.4 Å². The van der Waals surface area contributed by atoms with Crippen LogP contribution in [0.1, 0.15) is 6.92 Å². The van der Waals surface area contributed by atoms with E-state index in [4.69, 9.17) is 14.6 Å². The fourth-order valence-electron chi connectivity index (χ4n) is 1.72. The van der Waals surface area contributed by atoms with Crippen LogP contribution in [0.5, 0.6) is 11.5 Å². The Morgan fingerprint density at radius 3 is 2.56 bits per heavy atom. The number of hydrogen-bond acceptors (Lipinski definition) is 4. The van der Waals surface area contributed by atoms with Crippen LogP contribution in [-0.2, 0) is 9.59 Å². The molecular formula is C12H13NO5. The molecule has 2 rings (SSSR count). The number of anilines is 1. The maximum atomic E-state index is 11.4. The Hall–Kier alpha value is -2.24. The predicted molar refractivity (Wildman–Crippen MR) is 63.1 cm³/mol. The molecule has 0 aliphatic carbocycles.